The van der Waals surface area contributed by atoms with E-state index in [0.717, 1.165) is 28.8 Å². The molecule has 0 spiro atoms. The van der Waals surface area contributed by atoms with Crippen LogP contribution >= 0.6 is 23.3 Å². The van der Waals surface area contributed by atoms with Gasteiger partial charge in [0, 0.05) is 44.8 Å². The zero-order valence-corrected chi connectivity index (χ0v) is 20.7. The van der Waals surface area contributed by atoms with Crippen LogP contribution in [0.25, 0.3) is 0 Å². The molecule has 0 aliphatic carbocycles. The largest absolute Gasteiger partial charge is 0.385 e. The summed E-state index contributed by atoms with van der Waals surface area (Å²) in [5.74, 6) is -0.177. The monoisotopic (exact) mass is 510 g/mol. The number of hydrogen-bond acceptors (Lipinski definition) is 10. The Balaban J connectivity index is 1.93. The number of nitrogens with zero attached hydrogens (tertiary/aromatic N) is 2. The highest BCUT2D eigenvalue weighted by molar-refractivity contribution is 8.00. The molecule has 0 saturated heterocycles. The average Bonchev–Trinajstić information content (AvgIpc) is 3.18. The van der Waals surface area contributed by atoms with Crippen molar-refractivity contribution in [3.05, 3.63) is 21.7 Å². The molecule has 1 aliphatic rings. The van der Waals surface area contributed by atoms with Crippen molar-refractivity contribution in [3.63, 3.8) is 0 Å². The first-order chi connectivity index (χ1) is 15.3. The number of ether oxygens (including phenoxy) is 1. The summed E-state index contributed by atoms with van der Waals surface area (Å²) in [6.07, 6.45) is 2.62. The van der Waals surface area contributed by atoms with Crippen molar-refractivity contribution in [3.8, 4) is 0 Å². The molecular formula is C18H30N4O7S3. The van der Waals surface area contributed by atoms with Gasteiger partial charge in [0.15, 0.2) is 0 Å². The number of sulfonamides is 1. The van der Waals surface area contributed by atoms with Crippen molar-refractivity contribution >= 4 is 39.2 Å². The molecule has 1 aromatic heterocycles. The maximum absolute atomic E-state index is 13.1. The summed E-state index contributed by atoms with van der Waals surface area (Å²) in [5, 5.41) is 12.6. The topological polar surface area (TPSA) is 140 Å². The second-order valence-corrected chi connectivity index (χ2v) is 11.4. The summed E-state index contributed by atoms with van der Waals surface area (Å²) in [6, 6.07) is 1.72. The van der Waals surface area contributed by atoms with Crippen LogP contribution in [0, 0.1) is 10.1 Å². The van der Waals surface area contributed by atoms with Crippen molar-refractivity contribution in [1.29, 1.82) is 0 Å². The Morgan fingerprint density at radius 3 is 2.81 bits per heavy atom. The number of fused-ring (bicyclic) bond motifs is 1. The zero-order valence-electron chi connectivity index (χ0n) is 18.2. The second kappa shape index (κ2) is 13.3. The summed E-state index contributed by atoms with van der Waals surface area (Å²) in [6.45, 7) is 3.95. The van der Waals surface area contributed by atoms with E-state index in [4.69, 9.17) is 4.74 Å². The van der Waals surface area contributed by atoms with Crippen LogP contribution in [0.1, 0.15) is 50.6 Å². The van der Waals surface area contributed by atoms with Crippen molar-refractivity contribution in [1.82, 2.24) is 14.3 Å². The number of unbranched alkanes of at least 4 members (excludes halogenated alkanes) is 2. The van der Waals surface area contributed by atoms with E-state index >= 15 is 0 Å². The first-order valence-corrected chi connectivity index (χ1v) is 13.5. The third kappa shape index (κ3) is 7.85. The first kappa shape index (κ1) is 26.8. The summed E-state index contributed by atoms with van der Waals surface area (Å²) < 4.78 is 36.5. The normalized spacial score (nSPS) is 17.6. The molecule has 14 heteroatoms. The lowest BCUT2D eigenvalue weighted by Gasteiger charge is -2.32. The van der Waals surface area contributed by atoms with E-state index in [1.165, 1.54) is 4.31 Å². The van der Waals surface area contributed by atoms with E-state index in [0.29, 0.717) is 60.3 Å². The maximum Gasteiger partial charge on any atom is 0.294 e. The van der Waals surface area contributed by atoms with E-state index in [1.54, 1.807) is 7.11 Å². The highest BCUT2D eigenvalue weighted by Crippen LogP contribution is 2.41. The van der Waals surface area contributed by atoms with Crippen LogP contribution in [0.4, 0.5) is 0 Å². The van der Waals surface area contributed by atoms with Gasteiger partial charge in [-0.05, 0) is 43.8 Å². The number of carbonyl (C=O) groups is 1. The van der Waals surface area contributed by atoms with E-state index in [1.807, 2.05) is 13.0 Å². The molecule has 1 aromatic rings. The van der Waals surface area contributed by atoms with Gasteiger partial charge in [-0.15, -0.1) is 21.5 Å². The number of methoxy groups -OCH3 is 1. The van der Waals surface area contributed by atoms with Crippen molar-refractivity contribution < 1.29 is 27.9 Å². The molecule has 1 aliphatic heterocycles. The van der Waals surface area contributed by atoms with E-state index in [2.05, 4.69) is 14.9 Å². The van der Waals surface area contributed by atoms with Crippen LogP contribution < -0.4 is 10.0 Å². The minimum Gasteiger partial charge on any atom is -0.385 e. The first-order valence-electron chi connectivity index (χ1n) is 10.4. The molecule has 32 heavy (non-hydrogen) atoms. The minimum atomic E-state index is -3.59. The second-order valence-electron chi connectivity index (χ2n) is 7.12. The number of rotatable bonds is 15. The SMILES string of the molecule is CCNC1CN(CCCOC)S(=O)(=O)c2sc(SNC(=O)CCCCCO[N+](=O)[O-])cc21. The van der Waals surface area contributed by atoms with Gasteiger partial charge in [-0.2, -0.15) is 4.31 Å². The van der Waals surface area contributed by atoms with Gasteiger partial charge in [0.25, 0.3) is 15.1 Å². The molecule has 0 radical (unpaired) electrons. The molecule has 2 heterocycles. The Hall–Kier alpha value is -1.45. The van der Waals surface area contributed by atoms with Gasteiger partial charge in [0.2, 0.25) is 5.91 Å². The molecule has 1 atom stereocenters. The zero-order chi connectivity index (χ0) is 23.6. The maximum atomic E-state index is 13.1. The van der Waals surface area contributed by atoms with E-state index in [9.17, 15) is 23.3 Å². The van der Waals surface area contributed by atoms with Gasteiger partial charge in [-0.25, -0.2) is 8.42 Å². The Bertz CT molecular complexity index is 863. The van der Waals surface area contributed by atoms with Gasteiger partial charge in [-0.1, -0.05) is 13.3 Å². The number of amides is 1. The van der Waals surface area contributed by atoms with Crippen molar-refractivity contribution in [2.75, 3.05) is 40.0 Å². The predicted molar refractivity (Wildman–Crippen MR) is 121 cm³/mol. The molecule has 1 unspecified atom stereocenters. The smallest absolute Gasteiger partial charge is 0.294 e. The Kier molecular flexibility index (Phi) is 11.1. The number of nitrogens with one attached hydrogen (secondary N) is 2. The summed E-state index contributed by atoms with van der Waals surface area (Å²) in [7, 11) is -2.00. The highest BCUT2D eigenvalue weighted by Gasteiger charge is 2.38. The number of thiophene rings is 1. The third-order valence-electron chi connectivity index (χ3n) is 4.76. The fourth-order valence-corrected chi connectivity index (χ4v) is 7.60. The quantitative estimate of drug-likeness (QED) is 0.157. The molecule has 11 nitrogen and oxygen atoms in total. The van der Waals surface area contributed by atoms with E-state index in [-0.39, 0.29) is 25.0 Å². The van der Waals surface area contributed by atoms with Gasteiger partial charge in [0.05, 0.1) is 10.8 Å². The van der Waals surface area contributed by atoms with Crippen molar-refractivity contribution in [2.45, 2.75) is 53.5 Å². The lowest BCUT2D eigenvalue weighted by atomic mass is 10.1. The molecule has 0 bridgehead atoms. The van der Waals surface area contributed by atoms with E-state index < -0.39 is 15.1 Å². The minimum absolute atomic E-state index is 0.0219. The number of hydrogen-bond donors (Lipinski definition) is 2. The van der Waals surface area contributed by atoms with Gasteiger partial charge < -0.3 is 14.9 Å². The Morgan fingerprint density at radius 2 is 2.12 bits per heavy atom. The van der Waals surface area contributed by atoms with Gasteiger partial charge in [-0.3, -0.25) is 9.52 Å². The third-order valence-corrected chi connectivity index (χ3v) is 9.24. The summed E-state index contributed by atoms with van der Waals surface area (Å²) >= 11 is 2.27. The average molecular weight is 511 g/mol. The molecule has 0 saturated carbocycles. The molecule has 1 amide bonds. The lowest BCUT2D eigenvalue weighted by molar-refractivity contribution is -0.757. The van der Waals surface area contributed by atoms with Crippen LogP contribution in [0.2, 0.25) is 0 Å². The van der Waals surface area contributed by atoms with Gasteiger partial charge in [0.1, 0.15) is 4.21 Å². The van der Waals surface area contributed by atoms with Crippen LogP contribution in [0.3, 0.4) is 0 Å². The highest BCUT2D eigenvalue weighted by atomic mass is 32.3. The predicted octanol–water partition coefficient (Wildman–Crippen LogP) is 2.33. The fourth-order valence-electron chi connectivity index (χ4n) is 3.26. The Labute approximate surface area is 196 Å². The van der Waals surface area contributed by atoms with Crippen LogP contribution in [0.5, 0.6) is 0 Å². The van der Waals surface area contributed by atoms with Crippen LogP contribution in [-0.4, -0.2) is 63.7 Å². The molecule has 0 aromatic carbocycles. The molecule has 2 N–H and O–H groups in total. The van der Waals surface area contributed by atoms with Crippen molar-refractivity contribution in [2.24, 2.45) is 0 Å². The summed E-state index contributed by atoms with van der Waals surface area (Å²) in [5.41, 5.74) is 0.738. The summed E-state index contributed by atoms with van der Waals surface area (Å²) in [4.78, 5) is 26.4. The van der Waals surface area contributed by atoms with Gasteiger partial charge >= 0.3 is 0 Å². The standard InChI is InChI=1S/C18H30N4O7S3/c1-3-19-15-13-21(9-7-10-28-2)32(26,27)18-14(15)12-17(30-18)31-20-16(23)8-5-4-6-11-29-22(24)25/h12,15,19H,3-11,13H2,1-2H3,(H,20,23). The van der Waals surface area contributed by atoms with Crippen LogP contribution in [0.15, 0.2) is 14.5 Å². The Morgan fingerprint density at radius 1 is 1.34 bits per heavy atom. The molecular weight excluding hydrogens is 480 g/mol. The fraction of sp³-hybridized carbons (Fsp3) is 0.722. The molecule has 2 rings (SSSR count). The number of carbonyl (C=O) groups excluding carboxylic acids is 1. The number of likely N-dealkylation sites (N-methyl/N-ethyl adjacent to an activating group) is 1. The van der Waals surface area contributed by atoms with Crippen LogP contribution in [-0.2, 0) is 24.4 Å². The lowest BCUT2D eigenvalue weighted by Crippen LogP contribution is -2.43. The molecule has 182 valence electrons. The molecule has 0 fully saturated rings.